The van der Waals surface area contributed by atoms with Crippen molar-refractivity contribution in [1.82, 2.24) is 0 Å². The minimum atomic E-state index is -4.78. The molecule has 0 saturated carbocycles. The fraction of sp³-hybridized carbons (Fsp3) is 0.0345. The van der Waals surface area contributed by atoms with Crippen molar-refractivity contribution < 1.29 is 22.3 Å². The molecule has 0 radical (unpaired) electrons. The van der Waals surface area contributed by atoms with Gasteiger partial charge in [0.1, 0.15) is 11.6 Å². The summed E-state index contributed by atoms with van der Waals surface area (Å²) < 4.78 is 55.5. The molecule has 38 heavy (non-hydrogen) atoms. The largest absolute Gasteiger partial charge is 0.573 e. The normalized spacial score (nSPS) is 13.0. The summed E-state index contributed by atoms with van der Waals surface area (Å²) in [4.78, 5) is 8.04. The van der Waals surface area contributed by atoms with E-state index in [1.165, 1.54) is 36.4 Å². The molecular formula is C29H12F4N4O. The molecule has 182 valence electrons. The van der Waals surface area contributed by atoms with Gasteiger partial charge in [-0.2, -0.15) is 20.5 Å². The Morgan fingerprint density at radius 3 is 1.63 bits per heavy atom. The Morgan fingerprint density at radius 2 is 1.08 bits per heavy atom. The van der Waals surface area contributed by atoms with Crippen molar-refractivity contribution in [1.29, 1.82) is 10.5 Å². The van der Waals surface area contributed by atoms with E-state index in [1.807, 2.05) is 36.5 Å². The van der Waals surface area contributed by atoms with Gasteiger partial charge < -0.3 is 4.74 Å². The number of ether oxygens (including phenoxy) is 1. The van der Waals surface area contributed by atoms with E-state index in [-0.39, 0.29) is 5.75 Å². The quantitative estimate of drug-likeness (QED) is 0.194. The van der Waals surface area contributed by atoms with E-state index in [9.17, 15) is 28.1 Å². The SMILES string of the molecule is N#CN=c1c2cc(F)ccc2c2cc3c(=NC#N)c4cc(-c5ccc(OC(F)(F)F)cc5)ccc4c3cc12. The zero-order valence-corrected chi connectivity index (χ0v) is 19.1. The summed E-state index contributed by atoms with van der Waals surface area (Å²) in [5, 5.41) is 25.1. The van der Waals surface area contributed by atoms with Gasteiger partial charge in [0.25, 0.3) is 0 Å². The summed E-state index contributed by atoms with van der Waals surface area (Å²) in [6.45, 7) is 0. The molecule has 0 atom stereocenters. The van der Waals surface area contributed by atoms with Crippen LogP contribution in [0.1, 0.15) is 0 Å². The molecule has 5 nitrogen and oxygen atoms in total. The van der Waals surface area contributed by atoms with Gasteiger partial charge in [-0.05, 0) is 75.1 Å². The van der Waals surface area contributed by atoms with Crippen molar-refractivity contribution >= 4 is 43.1 Å². The van der Waals surface area contributed by atoms with Gasteiger partial charge >= 0.3 is 6.36 Å². The van der Waals surface area contributed by atoms with Crippen molar-refractivity contribution in [2.45, 2.75) is 6.36 Å². The van der Waals surface area contributed by atoms with Gasteiger partial charge in [-0.25, -0.2) is 4.39 Å². The first-order chi connectivity index (χ1) is 18.3. The number of rotatable bonds is 2. The molecule has 6 rings (SSSR count). The minimum absolute atomic E-state index is 0.328. The molecule has 0 heterocycles. The van der Waals surface area contributed by atoms with Gasteiger partial charge in [-0.1, -0.05) is 30.3 Å². The molecule has 0 saturated heterocycles. The van der Waals surface area contributed by atoms with Crippen LogP contribution >= 0.6 is 0 Å². The van der Waals surface area contributed by atoms with Crippen molar-refractivity contribution in [3.63, 3.8) is 0 Å². The van der Waals surface area contributed by atoms with Crippen LogP contribution in [0.2, 0.25) is 0 Å². The molecule has 6 aromatic carbocycles. The van der Waals surface area contributed by atoms with Crippen LogP contribution in [-0.2, 0) is 0 Å². The molecular weight excluding hydrogens is 496 g/mol. The maximum absolute atomic E-state index is 14.0. The Hall–Kier alpha value is -5.28. The number of halogens is 4. The summed E-state index contributed by atoms with van der Waals surface area (Å²) in [6, 6.07) is 19.0. The van der Waals surface area contributed by atoms with Crippen molar-refractivity contribution in [3.8, 4) is 29.3 Å². The average Bonchev–Trinajstić information content (AvgIpc) is 3.34. The molecule has 0 spiro atoms. The number of nitriles is 2. The van der Waals surface area contributed by atoms with E-state index in [0.29, 0.717) is 48.8 Å². The number of fused-ring (bicyclic) bond motifs is 6. The lowest BCUT2D eigenvalue weighted by Crippen LogP contribution is -2.16. The van der Waals surface area contributed by atoms with E-state index in [2.05, 4.69) is 14.7 Å². The van der Waals surface area contributed by atoms with Crippen LogP contribution in [0.15, 0.2) is 82.8 Å². The third kappa shape index (κ3) is 3.69. The highest BCUT2D eigenvalue weighted by Crippen LogP contribution is 2.34. The first kappa shape index (κ1) is 23.1. The zero-order valence-electron chi connectivity index (χ0n) is 19.1. The van der Waals surface area contributed by atoms with Crippen molar-refractivity contribution in [3.05, 3.63) is 89.3 Å². The fourth-order valence-corrected chi connectivity index (χ4v) is 5.02. The first-order valence-electron chi connectivity index (χ1n) is 11.2. The van der Waals surface area contributed by atoms with Crippen LogP contribution in [0.4, 0.5) is 17.6 Å². The monoisotopic (exact) mass is 508 g/mol. The average molecular weight is 508 g/mol. The molecule has 0 fully saturated rings. The first-order valence-corrected chi connectivity index (χ1v) is 11.2. The van der Waals surface area contributed by atoms with Crippen LogP contribution < -0.4 is 15.5 Å². The lowest BCUT2D eigenvalue weighted by Gasteiger charge is -2.09. The predicted molar refractivity (Wildman–Crippen MR) is 133 cm³/mol. The molecule has 0 aromatic heterocycles. The van der Waals surface area contributed by atoms with Crippen LogP contribution in [-0.4, -0.2) is 6.36 Å². The number of alkyl halides is 3. The van der Waals surface area contributed by atoms with Gasteiger partial charge in [0.05, 0.1) is 10.7 Å². The Morgan fingerprint density at radius 1 is 0.579 bits per heavy atom. The van der Waals surface area contributed by atoms with Crippen LogP contribution in [0.5, 0.6) is 5.75 Å². The second-order valence-corrected chi connectivity index (χ2v) is 8.59. The molecule has 0 bridgehead atoms. The lowest BCUT2D eigenvalue weighted by atomic mass is 10.0. The lowest BCUT2D eigenvalue weighted by molar-refractivity contribution is -0.274. The predicted octanol–water partition coefficient (Wildman–Crippen LogP) is 6.64. The van der Waals surface area contributed by atoms with Gasteiger partial charge in [0.2, 0.25) is 12.4 Å². The van der Waals surface area contributed by atoms with Gasteiger partial charge in [0, 0.05) is 21.5 Å². The number of hydrogen-bond donors (Lipinski definition) is 0. The summed E-state index contributed by atoms with van der Waals surface area (Å²) in [5.41, 5.74) is 1.36. The van der Waals surface area contributed by atoms with E-state index in [0.717, 1.165) is 16.2 Å². The zero-order chi connectivity index (χ0) is 26.6. The smallest absolute Gasteiger partial charge is 0.406 e. The van der Waals surface area contributed by atoms with E-state index < -0.39 is 12.2 Å². The van der Waals surface area contributed by atoms with Crippen molar-refractivity contribution in [2.75, 3.05) is 0 Å². The van der Waals surface area contributed by atoms with Gasteiger partial charge in [-0.15, -0.1) is 13.2 Å². The van der Waals surface area contributed by atoms with E-state index in [1.54, 1.807) is 12.3 Å². The Bertz CT molecular complexity index is 2120. The third-order valence-corrected chi connectivity index (χ3v) is 6.50. The summed E-state index contributed by atoms with van der Waals surface area (Å²) >= 11 is 0. The van der Waals surface area contributed by atoms with Gasteiger partial charge in [-0.3, -0.25) is 0 Å². The van der Waals surface area contributed by atoms with Crippen LogP contribution in [0.3, 0.4) is 0 Å². The molecule has 0 N–H and O–H groups in total. The standard InChI is InChI=1S/C29H12F4N4O/c30-17-4-8-20-22-12-25-21(11-26(22)28(37-14-35)24(20)10-17)19-7-3-16(9-23(19)27(25)36-13-34)15-1-5-18(6-2-15)38-29(31,32)33/h1-12H. The fourth-order valence-electron chi connectivity index (χ4n) is 5.02. The highest BCUT2D eigenvalue weighted by molar-refractivity contribution is 6.21. The van der Waals surface area contributed by atoms with Crippen molar-refractivity contribution in [2.24, 2.45) is 9.98 Å². The Balaban J connectivity index is 1.62. The van der Waals surface area contributed by atoms with Crippen LogP contribution in [0.25, 0.3) is 54.2 Å². The molecule has 6 aromatic rings. The molecule has 0 aliphatic rings. The molecule has 0 amide bonds. The second kappa shape index (κ2) is 8.39. The molecule has 0 aliphatic heterocycles. The summed E-state index contributed by atoms with van der Waals surface area (Å²) in [5.74, 6) is -0.775. The molecule has 0 unspecified atom stereocenters. The summed E-state index contributed by atoms with van der Waals surface area (Å²) in [7, 11) is 0. The topological polar surface area (TPSA) is 81.5 Å². The second-order valence-electron chi connectivity index (χ2n) is 8.59. The Labute approximate surface area is 211 Å². The Kier molecular flexibility index (Phi) is 5.11. The summed E-state index contributed by atoms with van der Waals surface area (Å²) in [6.07, 6.45) is -1.13. The minimum Gasteiger partial charge on any atom is -0.406 e. The molecule has 9 heteroatoms. The number of benzene rings is 4. The maximum atomic E-state index is 14.0. The third-order valence-electron chi connectivity index (χ3n) is 6.50. The highest BCUT2D eigenvalue weighted by Gasteiger charge is 2.31. The van der Waals surface area contributed by atoms with Crippen LogP contribution in [0, 0.1) is 28.7 Å². The van der Waals surface area contributed by atoms with E-state index in [4.69, 9.17) is 0 Å². The number of hydrogen-bond acceptors (Lipinski definition) is 5. The maximum Gasteiger partial charge on any atom is 0.573 e. The van der Waals surface area contributed by atoms with E-state index >= 15 is 0 Å². The molecule has 0 aliphatic carbocycles. The number of nitrogens with zero attached hydrogens (tertiary/aromatic N) is 4. The van der Waals surface area contributed by atoms with Gasteiger partial charge in [0.15, 0.2) is 0 Å². The highest BCUT2D eigenvalue weighted by atomic mass is 19.4.